The maximum atomic E-state index is 13.1. The van der Waals surface area contributed by atoms with Gasteiger partial charge in [-0.1, -0.05) is 24.3 Å². The largest absolute Gasteiger partial charge is 0.345 e. The summed E-state index contributed by atoms with van der Waals surface area (Å²) in [7, 11) is 0. The molecular formula is C24H26N6O3S. The Bertz CT molecular complexity index is 1240. The van der Waals surface area contributed by atoms with Gasteiger partial charge in [-0.05, 0) is 55.0 Å². The highest BCUT2D eigenvalue weighted by atomic mass is 32.2. The summed E-state index contributed by atoms with van der Waals surface area (Å²) in [4.78, 5) is 40.5. The highest BCUT2D eigenvalue weighted by molar-refractivity contribution is 7.98. The molecule has 2 N–H and O–H groups in total. The van der Waals surface area contributed by atoms with E-state index in [-0.39, 0.29) is 36.3 Å². The fourth-order valence-electron chi connectivity index (χ4n) is 4.44. The number of carbonyl (C=O) groups excluding carboxylic acids is 3. The molecule has 3 heterocycles. The molecule has 5 rings (SSSR count). The van der Waals surface area contributed by atoms with Crippen molar-refractivity contribution < 1.29 is 14.4 Å². The van der Waals surface area contributed by atoms with E-state index in [2.05, 4.69) is 20.8 Å². The quantitative estimate of drug-likeness (QED) is 0.488. The Morgan fingerprint density at radius 1 is 1.15 bits per heavy atom. The SMILES string of the molecule is CSCCC(NC(=O)CNC(=O)C1c2ccccc2C(=O)N1C1CC1)c1nnc2ccccn12. The Balaban J connectivity index is 1.27. The van der Waals surface area contributed by atoms with Gasteiger partial charge in [-0.25, -0.2) is 0 Å². The molecule has 9 nitrogen and oxygen atoms in total. The lowest BCUT2D eigenvalue weighted by Gasteiger charge is -2.24. The minimum atomic E-state index is -0.697. The first-order valence-electron chi connectivity index (χ1n) is 11.4. The number of aromatic nitrogens is 3. The van der Waals surface area contributed by atoms with Crippen molar-refractivity contribution in [2.75, 3.05) is 18.6 Å². The average molecular weight is 479 g/mol. The zero-order valence-electron chi connectivity index (χ0n) is 18.8. The molecule has 3 amide bonds. The Morgan fingerprint density at radius 3 is 2.74 bits per heavy atom. The molecule has 0 saturated heterocycles. The first-order chi connectivity index (χ1) is 16.6. The number of thioether (sulfide) groups is 1. The van der Waals surface area contributed by atoms with Gasteiger partial charge in [0.25, 0.3) is 5.91 Å². The molecule has 3 aromatic rings. The summed E-state index contributed by atoms with van der Waals surface area (Å²) in [5.41, 5.74) is 1.97. The lowest BCUT2D eigenvalue weighted by atomic mass is 10.0. The number of nitrogens with zero attached hydrogens (tertiary/aromatic N) is 4. The highest BCUT2D eigenvalue weighted by Crippen LogP contribution is 2.41. The summed E-state index contributed by atoms with van der Waals surface area (Å²) in [6, 6.07) is 11.9. The maximum Gasteiger partial charge on any atom is 0.255 e. The Kier molecular flexibility index (Phi) is 6.23. The summed E-state index contributed by atoms with van der Waals surface area (Å²) in [5.74, 6) is 0.714. The molecule has 1 fully saturated rings. The molecule has 176 valence electrons. The van der Waals surface area contributed by atoms with Crippen molar-refractivity contribution in [2.24, 2.45) is 0 Å². The topological polar surface area (TPSA) is 109 Å². The summed E-state index contributed by atoms with van der Waals surface area (Å²) in [6.45, 7) is -0.184. The summed E-state index contributed by atoms with van der Waals surface area (Å²) >= 11 is 1.68. The van der Waals surface area contributed by atoms with Gasteiger partial charge < -0.3 is 15.5 Å². The smallest absolute Gasteiger partial charge is 0.255 e. The third-order valence-corrected chi connectivity index (χ3v) is 6.85. The van der Waals surface area contributed by atoms with Crippen LogP contribution >= 0.6 is 11.8 Å². The van der Waals surface area contributed by atoms with Crippen LogP contribution in [0.15, 0.2) is 48.7 Å². The van der Waals surface area contributed by atoms with E-state index in [0.717, 1.165) is 18.6 Å². The first kappa shape index (κ1) is 22.4. The number of amides is 3. The highest BCUT2D eigenvalue weighted by Gasteiger charge is 2.47. The van der Waals surface area contributed by atoms with Gasteiger partial charge >= 0.3 is 0 Å². The van der Waals surface area contributed by atoms with Crippen molar-refractivity contribution in [3.05, 3.63) is 65.6 Å². The van der Waals surface area contributed by atoms with Crippen LogP contribution in [0.4, 0.5) is 0 Å². The number of hydrogen-bond acceptors (Lipinski definition) is 6. The number of carbonyl (C=O) groups is 3. The molecule has 1 aliphatic carbocycles. The van der Waals surface area contributed by atoms with Crippen LogP contribution in [0.1, 0.15) is 53.1 Å². The molecule has 2 unspecified atom stereocenters. The van der Waals surface area contributed by atoms with E-state index in [1.807, 2.05) is 47.2 Å². The molecule has 0 bridgehead atoms. The van der Waals surface area contributed by atoms with Crippen LogP contribution in [0.3, 0.4) is 0 Å². The van der Waals surface area contributed by atoms with Gasteiger partial charge in [0, 0.05) is 17.8 Å². The number of pyridine rings is 1. The second kappa shape index (κ2) is 9.46. The van der Waals surface area contributed by atoms with Gasteiger partial charge in [0.05, 0.1) is 12.6 Å². The Labute approximate surface area is 201 Å². The molecule has 1 aromatic carbocycles. The monoisotopic (exact) mass is 478 g/mol. The maximum absolute atomic E-state index is 13.1. The minimum Gasteiger partial charge on any atom is -0.345 e. The molecule has 1 aliphatic heterocycles. The molecule has 2 atom stereocenters. The van der Waals surface area contributed by atoms with Gasteiger partial charge in [-0.3, -0.25) is 18.8 Å². The van der Waals surface area contributed by atoms with Crippen molar-refractivity contribution >= 4 is 35.1 Å². The number of benzene rings is 1. The lowest BCUT2D eigenvalue weighted by Crippen LogP contribution is -2.44. The van der Waals surface area contributed by atoms with E-state index in [1.165, 1.54) is 0 Å². The fraction of sp³-hybridized carbons (Fsp3) is 0.375. The van der Waals surface area contributed by atoms with Crippen LogP contribution < -0.4 is 10.6 Å². The van der Waals surface area contributed by atoms with Gasteiger partial charge in [0.2, 0.25) is 11.8 Å². The van der Waals surface area contributed by atoms with E-state index >= 15 is 0 Å². The standard InChI is InChI=1S/C24H26N6O3S/c1-34-13-11-18(22-28-27-19-8-4-5-12-29(19)22)26-20(31)14-25-23(32)21-16-6-2-3-7-17(16)24(33)30(21)15-9-10-15/h2-8,12,15,18,21H,9-11,13-14H2,1H3,(H,25,32)(H,26,31). The average Bonchev–Trinajstić information content (AvgIpc) is 3.53. The number of hydrogen-bond donors (Lipinski definition) is 2. The van der Waals surface area contributed by atoms with E-state index < -0.39 is 6.04 Å². The third-order valence-electron chi connectivity index (χ3n) is 6.21. The molecule has 2 aromatic heterocycles. The van der Waals surface area contributed by atoms with Gasteiger partial charge in [-0.2, -0.15) is 11.8 Å². The van der Waals surface area contributed by atoms with Crippen molar-refractivity contribution in [1.29, 1.82) is 0 Å². The first-order valence-corrected chi connectivity index (χ1v) is 12.7. The second-order valence-corrected chi connectivity index (χ2v) is 9.53. The zero-order valence-corrected chi connectivity index (χ0v) is 19.6. The molecular weight excluding hydrogens is 452 g/mol. The van der Waals surface area contributed by atoms with Crippen LogP contribution in [0, 0.1) is 0 Å². The minimum absolute atomic E-state index is 0.0848. The Morgan fingerprint density at radius 2 is 1.94 bits per heavy atom. The lowest BCUT2D eigenvalue weighted by molar-refractivity contribution is -0.129. The summed E-state index contributed by atoms with van der Waals surface area (Å²) < 4.78 is 1.86. The molecule has 1 saturated carbocycles. The van der Waals surface area contributed by atoms with Crippen molar-refractivity contribution in [2.45, 2.75) is 37.4 Å². The van der Waals surface area contributed by atoms with Crippen molar-refractivity contribution in [1.82, 2.24) is 30.1 Å². The van der Waals surface area contributed by atoms with E-state index in [9.17, 15) is 14.4 Å². The predicted molar refractivity (Wildman–Crippen MR) is 128 cm³/mol. The van der Waals surface area contributed by atoms with Crippen LogP contribution in [0.5, 0.6) is 0 Å². The molecule has 2 aliphatic rings. The van der Waals surface area contributed by atoms with E-state index in [0.29, 0.717) is 29.0 Å². The van der Waals surface area contributed by atoms with Crippen LogP contribution in [-0.2, 0) is 9.59 Å². The van der Waals surface area contributed by atoms with Gasteiger partial charge in [-0.15, -0.1) is 10.2 Å². The van der Waals surface area contributed by atoms with E-state index in [1.54, 1.807) is 28.8 Å². The third kappa shape index (κ3) is 4.25. The molecule has 10 heteroatoms. The van der Waals surface area contributed by atoms with Gasteiger partial charge in [0.15, 0.2) is 11.5 Å². The van der Waals surface area contributed by atoms with Crippen molar-refractivity contribution in [3.8, 4) is 0 Å². The number of nitrogens with one attached hydrogen (secondary N) is 2. The Hall–Kier alpha value is -3.40. The zero-order chi connectivity index (χ0) is 23.7. The summed E-state index contributed by atoms with van der Waals surface area (Å²) in [6.07, 6.45) is 6.34. The van der Waals surface area contributed by atoms with E-state index in [4.69, 9.17) is 0 Å². The summed E-state index contributed by atoms with van der Waals surface area (Å²) in [5, 5.41) is 14.2. The van der Waals surface area contributed by atoms with Crippen LogP contribution in [0.25, 0.3) is 5.65 Å². The normalized spacial score (nSPS) is 18.1. The van der Waals surface area contributed by atoms with Crippen LogP contribution in [0.2, 0.25) is 0 Å². The fourth-order valence-corrected chi connectivity index (χ4v) is 4.91. The van der Waals surface area contributed by atoms with Gasteiger partial charge in [0.1, 0.15) is 6.04 Å². The molecule has 0 radical (unpaired) electrons. The van der Waals surface area contributed by atoms with Crippen molar-refractivity contribution in [3.63, 3.8) is 0 Å². The molecule has 34 heavy (non-hydrogen) atoms. The predicted octanol–water partition coefficient (Wildman–Crippen LogP) is 2.12. The van der Waals surface area contributed by atoms with Crippen LogP contribution in [-0.4, -0.2) is 61.8 Å². The molecule has 0 spiro atoms. The second-order valence-electron chi connectivity index (χ2n) is 8.54. The number of fused-ring (bicyclic) bond motifs is 2. The number of rotatable bonds is 9.